The van der Waals surface area contributed by atoms with Gasteiger partial charge in [0.25, 0.3) is 0 Å². The fourth-order valence-corrected chi connectivity index (χ4v) is 1.87. The molecule has 5 heteroatoms. The summed E-state index contributed by atoms with van der Waals surface area (Å²) < 4.78 is 5.19. The Labute approximate surface area is 109 Å². The smallest absolute Gasteiger partial charge is 0.143 e. The first-order valence-electron chi connectivity index (χ1n) is 5.00. The Morgan fingerprint density at radius 1 is 1.19 bits per heavy atom. The summed E-state index contributed by atoms with van der Waals surface area (Å²) >= 11 is 0. The van der Waals surface area contributed by atoms with Crippen molar-refractivity contribution < 1.29 is 4.74 Å². The highest BCUT2D eigenvalue weighted by Crippen LogP contribution is 2.29. The summed E-state index contributed by atoms with van der Waals surface area (Å²) in [6, 6.07) is 5.98. The molecule has 0 unspecified atom stereocenters. The Balaban J connectivity index is 0.00000112. The molecule has 1 aromatic rings. The highest BCUT2D eigenvalue weighted by molar-refractivity contribution is 5.85. The van der Waals surface area contributed by atoms with Gasteiger partial charge in [0.05, 0.1) is 12.8 Å². The predicted molar refractivity (Wildman–Crippen MR) is 73.3 cm³/mol. The van der Waals surface area contributed by atoms with E-state index in [4.69, 9.17) is 10.5 Å². The number of hydrogen-bond donors (Lipinski definition) is 1. The van der Waals surface area contributed by atoms with Crippen molar-refractivity contribution in [2.45, 2.75) is 12.8 Å². The summed E-state index contributed by atoms with van der Waals surface area (Å²) in [5.74, 6) is 0.773. The molecule has 2 N–H and O–H groups in total. The van der Waals surface area contributed by atoms with Crippen LogP contribution in [0.1, 0.15) is 12.8 Å². The fourth-order valence-electron chi connectivity index (χ4n) is 1.87. The van der Waals surface area contributed by atoms with Crippen LogP contribution in [0.25, 0.3) is 0 Å². The summed E-state index contributed by atoms with van der Waals surface area (Å²) in [6.07, 6.45) is 2.57. The van der Waals surface area contributed by atoms with Gasteiger partial charge < -0.3 is 15.4 Å². The van der Waals surface area contributed by atoms with Crippen LogP contribution in [0.3, 0.4) is 0 Å². The topological polar surface area (TPSA) is 38.5 Å². The lowest BCUT2D eigenvalue weighted by Gasteiger charge is -2.18. The third kappa shape index (κ3) is 3.09. The van der Waals surface area contributed by atoms with Gasteiger partial charge in [0.1, 0.15) is 5.75 Å². The number of ether oxygens (including phenoxy) is 1. The number of methoxy groups -OCH3 is 1. The second-order valence-corrected chi connectivity index (χ2v) is 3.62. The van der Waals surface area contributed by atoms with Gasteiger partial charge in [-0.2, -0.15) is 0 Å². The maximum absolute atomic E-state index is 5.76. The van der Waals surface area contributed by atoms with E-state index in [-0.39, 0.29) is 24.8 Å². The van der Waals surface area contributed by atoms with Crippen molar-refractivity contribution in [1.29, 1.82) is 0 Å². The first-order chi connectivity index (χ1) is 6.81. The van der Waals surface area contributed by atoms with Crippen LogP contribution in [0, 0.1) is 0 Å². The largest absolute Gasteiger partial charge is 0.495 e. The molecule has 16 heavy (non-hydrogen) atoms. The molecule has 1 saturated heterocycles. The SMILES string of the molecule is COc1cc(N2CCCC2)ccc1N.Cl.Cl. The third-order valence-corrected chi connectivity index (χ3v) is 2.69. The van der Waals surface area contributed by atoms with E-state index in [0.717, 1.165) is 18.8 Å². The van der Waals surface area contributed by atoms with Gasteiger partial charge in [0.2, 0.25) is 0 Å². The molecule has 3 nitrogen and oxygen atoms in total. The lowest BCUT2D eigenvalue weighted by molar-refractivity contribution is 0.417. The average Bonchev–Trinajstić information content (AvgIpc) is 2.71. The first-order valence-corrected chi connectivity index (χ1v) is 5.00. The Morgan fingerprint density at radius 3 is 2.38 bits per heavy atom. The number of nitrogen functional groups attached to an aromatic ring is 1. The molecule has 0 atom stereocenters. The molecule has 0 aromatic heterocycles. The molecule has 0 saturated carbocycles. The van der Waals surface area contributed by atoms with Gasteiger partial charge >= 0.3 is 0 Å². The molecule has 1 heterocycles. The molecule has 0 bridgehead atoms. The van der Waals surface area contributed by atoms with E-state index in [9.17, 15) is 0 Å². The second kappa shape index (κ2) is 6.71. The van der Waals surface area contributed by atoms with Gasteiger partial charge in [-0.15, -0.1) is 24.8 Å². The lowest BCUT2D eigenvalue weighted by atomic mass is 10.2. The molecule has 0 radical (unpaired) electrons. The van der Waals surface area contributed by atoms with Gasteiger partial charge in [-0.25, -0.2) is 0 Å². The molecule has 2 rings (SSSR count). The zero-order chi connectivity index (χ0) is 9.97. The molecular weight excluding hydrogens is 247 g/mol. The van der Waals surface area contributed by atoms with Gasteiger partial charge in [0, 0.05) is 24.8 Å². The Morgan fingerprint density at radius 2 is 1.81 bits per heavy atom. The van der Waals surface area contributed by atoms with E-state index in [1.807, 2.05) is 12.1 Å². The van der Waals surface area contributed by atoms with Crippen LogP contribution < -0.4 is 15.4 Å². The minimum Gasteiger partial charge on any atom is -0.495 e. The van der Waals surface area contributed by atoms with Gasteiger partial charge in [-0.1, -0.05) is 0 Å². The molecule has 1 fully saturated rings. The molecule has 0 aliphatic carbocycles. The van der Waals surface area contributed by atoms with Crippen molar-refractivity contribution in [2.75, 3.05) is 30.8 Å². The number of rotatable bonds is 2. The zero-order valence-electron chi connectivity index (χ0n) is 9.31. The van der Waals surface area contributed by atoms with E-state index in [0.29, 0.717) is 5.69 Å². The summed E-state index contributed by atoms with van der Waals surface area (Å²) in [7, 11) is 1.65. The summed E-state index contributed by atoms with van der Waals surface area (Å²) in [4.78, 5) is 2.36. The van der Waals surface area contributed by atoms with E-state index in [1.165, 1.54) is 18.5 Å². The van der Waals surface area contributed by atoms with E-state index in [2.05, 4.69) is 11.0 Å². The average molecular weight is 265 g/mol. The lowest BCUT2D eigenvalue weighted by Crippen LogP contribution is -2.17. The monoisotopic (exact) mass is 264 g/mol. The number of hydrogen-bond acceptors (Lipinski definition) is 3. The molecule has 0 spiro atoms. The van der Waals surface area contributed by atoms with Crippen LogP contribution in [0.4, 0.5) is 11.4 Å². The van der Waals surface area contributed by atoms with Crippen molar-refractivity contribution in [2.24, 2.45) is 0 Å². The number of halogens is 2. The van der Waals surface area contributed by atoms with E-state index in [1.54, 1.807) is 7.11 Å². The molecule has 0 amide bonds. The highest BCUT2D eigenvalue weighted by Gasteiger charge is 2.13. The fraction of sp³-hybridized carbons (Fsp3) is 0.455. The standard InChI is InChI=1S/C11H16N2O.2ClH/c1-14-11-8-9(4-5-10(11)12)13-6-2-3-7-13;;/h4-5,8H,2-3,6-7,12H2,1H3;2*1H. The summed E-state index contributed by atoms with van der Waals surface area (Å²) in [6.45, 7) is 2.29. The quantitative estimate of drug-likeness (QED) is 0.835. The molecule has 1 aliphatic rings. The van der Waals surface area contributed by atoms with Crippen LogP contribution >= 0.6 is 24.8 Å². The van der Waals surface area contributed by atoms with Gasteiger partial charge in [-0.05, 0) is 25.0 Å². The minimum absolute atomic E-state index is 0. The second-order valence-electron chi connectivity index (χ2n) is 3.62. The normalized spacial score (nSPS) is 13.9. The van der Waals surface area contributed by atoms with Crippen LogP contribution in [-0.4, -0.2) is 20.2 Å². The van der Waals surface area contributed by atoms with E-state index < -0.39 is 0 Å². The van der Waals surface area contributed by atoms with Crippen molar-refractivity contribution in [3.8, 4) is 5.75 Å². The molecule has 92 valence electrons. The van der Waals surface area contributed by atoms with Crippen molar-refractivity contribution in [3.05, 3.63) is 18.2 Å². The Hall–Kier alpha value is -0.800. The number of anilines is 2. The highest BCUT2D eigenvalue weighted by atomic mass is 35.5. The van der Waals surface area contributed by atoms with Crippen LogP contribution in [0.5, 0.6) is 5.75 Å². The van der Waals surface area contributed by atoms with Gasteiger partial charge in [0.15, 0.2) is 0 Å². The Kier molecular flexibility index (Phi) is 6.38. The van der Waals surface area contributed by atoms with Crippen LogP contribution in [0.2, 0.25) is 0 Å². The number of nitrogens with two attached hydrogens (primary N) is 1. The maximum Gasteiger partial charge on any atom is 0.143 e. The van der Waals surface area contributed by atoms with Gasteiger partial charge in [-0.3, -0.25) is 0 Å². The molecule has 1 aromatic carbocycles. The van der Waals surface area contributed by atoms with Crippen LogP contribution in [0.15, 0.2) is 18.2 Å². The van der Waals surface area contributed by atoms with Crippen molar-refractivity contribution >= 4 is 36.2 Å². The third-order valence-electron chi connectivity index (χ3n) is 2.69. The summed E-state index contributed by atoms with van der Waals surface area (Å²) in [5, 5.41) is 0. The first kappa shape index (κ1) is 15.2. The van der Waals surface area contributed by atoms with Crippen LogP contribution in [-0.2, 0) is 0 Å². The summed E-state index contributed by atoms with van der Waals surface area (Å²) in [5.41, 5.74) is 7.68. The minimum atomic E-state index is 0. The van der Waals surface area contributed by atoms with Crippen molar-refractivity contribution in [1.82, 2.24) is 0 Å². The molecular formula is C11H18Cl2N2O. The van der Waals surface area contributed by atoms with E-state index >= 15 is 0 Å². The zero-order valence-corrected chi connectivity index (χ0v) is 10.9. The maximum atomic E-state index is 5.76. The van der Waals surface area contributed by atoms with Crippen molar-refractivity contribution in [3.63, 3.8) is 0 Å². The molecule has 1 aliphatic heterocycles. The number of benzene rings is 1. The Bertz CT molecular complexity index is 328. The number of nitrogens with zero attached hydrogens (tertiary/aromatic N) is 1. The predicted octanol–water partition coefficient (Wildman–Crippen LogP) is 2.72.